The summed E-state index contributed by atoms with van der Waals surface area (Å²) in [5.41, 5.74) is 0.838. The average molecular weight is 374 g/mol. The van der Waals surface area contributed by atoms with Crippen LogP contribution >= 0.6 is 11.6 Å². The molecule has 0 saturated carbocycles. The van der Waals surface area contributed by atoms with E-state index in [1.54, 1.807) is 18.2 Å². The first-order chi connectivity index (χ1) is 12.4. The molecule has 7 nitrogen and oxygen atoms in total. The number of esters is 1. The molecule has 0 unspecified atom stereocenters. The quantitative estimate of drug-likeness (QED) is 0.388. The number of rotatable bonds is 4. The Labute approximate surface area is 151 Å². The van der Waals surface area contributed by atoms with Gasteiger partial charge in [0.15, 0.2) is 0 Å². The Kier molecular flexibility index (Phi) is 4.85. The summed E-state index contributed by atoms with van der Waals surface area (Å²) in [6.07, 6.45) is 0. The smallest absolute Gasteiger partial charge is 0.346 e. The number of nitro benzene ring substituents is 1. The number of ether oxygens (including phenoxy) is 1. The van der Waals surface area contributed by atoms with E-state index in [9.17, 15) is 19.3 Å². The van der Waals surface area contributed by atoms with Crippen LogP contribution in [0.3, 0.4) is 0 Å². The Morgan fingerprint density at radius 3 is 2.38 bits per heavy atom. The lowest BCUT2D eigenvalue weighted by Crippen LogP contribution is -2.10. The van der Waals surface area contributed by atoms with Crippen LogP contribution in [0.2, 0.25) is 5.02 Å². The average Bonchev–Trinajstić information content (AvgIpc) is 2.63. The predicted octanol–water partition coefficient (Wildman–Crippen LogP) is 4.06. The van der Waals surface area contributed by atoms with E-state index in [1.807, 2.05) is 0 Å². The molecule has 1 heterocycles. The molecule has 2 aromatic carbocycles. The normalized spacial score (nSPS) is 10.4. The summed E-state index contributed by atoms with van der Waals surface area (Å²) >= 11 is 5.88. The van der Waals surface area contributed by atoms with Crippen LogP contribution in [-0.4, -0.2) is 21.1 Å². The Bertz CT molecular complexity index is 978. The molecule has 0 aliphatic heterocycles. The maximum Gasteiger partial charge on any atom is 0.346 e. The summed E-state index contributed by atoms with van der Waals surface area (Å²) < 4.78 is 18.0. The van der Waals surface area contributed by atoms with E-state index in [1.165, 1.54) is 24.3 Å². The van der Waals surface area contributed by atoms with Crippen molar-refractivity contribution in [3.63, 3.8) is 0 Å². The molecule has 130 valence electrons. The van der Waals surface area contributed by atoms with Crippen LogP contribution in [0, 0.1) is 15.9 Å². The van der Waals surface area contributed by atoms with Crippen molar-refractivity contribution < 1.29 is 18.8 Å². The summed E-state index contributed by atoms with van der Waals surface area (Å²) in [6, 6.07) is 12.0. The zero-order valence-corrected chi connectivity index (χ0v) is 13.7. The molecule has 0 spiro atoms. The Balaban J connectivity index is 1.75. The van der Waals surface area contributed by atoms with Gasteiger partial charge < -0.3 is 4.74 Å². The van der Waals surface area contributed by atoms with Crippen LogP contribution in [0.4, 0.5) is 10.1 Å². The minimum atomic E-state index is -0.825. The van der Waals surface area contributed by atoms with Gasteiger partial charge >= 0.3 is 5.97 Å². The second-order valence-corrected chi connectivity index (χ2v) is 5.48. The van der Waals surface area contributed by atoms with E-state index >= 15 is 0 Å². The van der Waals surface area contributed by atoms with Crippen LogP contribution in [0.25, 0.3) is 11.3 Å². The van der Waals surface area contributed by atoms with Gasteiger partial charge in [-0.3, -0.25) is 10.1 Å². The Morgan fingerprint density at radius 1 is 1.08 bits per heavy atom. The van der Waals surface area contributed by atoms with E-state index in [4.69, 9.17) is 16.3 Å². The summed E-state index contributed by atoms with van der Waals surface area (Å²) in [7, 11) is 0. The van der Waals surface area contributed by atoms with Crippen molar-refractivity contribution in [2.45, 2.75) is 0 Å². The number of aromatic nitrogens is 2. The first kappa shape index (κ1) is 17.4. The maximum atomic E-state index is 12.9. The van der Waals surface area contributed by atoms with E-state index in [-0.39, 0.29) is 28.0 Å². The van der Waals surface area contributed by atoms with Gasteiger partial charge in [-0.05, 0) is 36.4 Å². The van der Waals surface area contributed by atoms with E-state index < -0.39 is 10.9 Å². The summed E-state index contributed by atoms with van der Waals surface area (Å²) in [5.74, 6) is -1.27. The zero-order chi connectivity index (χ0) is 18.7. The van der Waals surface area contributed by atoms with Gasteiger partial charge in [0.05, 0.1) is 21.2 Å². The summed E-state index contributed by atoms with van der Waals surface area (Å²) in [6.45, 7) is 0. The van der Waals surface area contributed by atoms with Crippen LogP contribution in [-0.2, 0) is 0 Å². The van der Waals surface area contributed by atoms with Crippen molar-refractivity contribution in [3.05, 3.63) is 81.1 Å². The van der Waals surface area contributed by atoms with Gasteiger partial charge in [0.25, 0.3) is 5.69 Å². The molecule has 1 aromatic heterocycles. The number of non-ortho nitro benzene ring substituents is 1. The highest BCUT2D eigenvalue weighted by Crippen LogP contribution is 2.24. The molecule has 26 heavy (non-hydrogen) atoms. The van der Waals surface area contributed by atoms with Crippen LogP contribution < -0.4 is 4.74 Å². The Hall–Kier alpha value is -3.39. The second-order valence-electron chi connectivity index (χ2n) is 5.07. The molecule has 0 radical (unpaired) electrons. The first-order valence-corrected chi connectivity index (χ1v) is 7.57. The fraction of sp³-hybridized carbons (Fsp3) is 0. The number of benzene rings is 2. The summed E-state index contributed by atoms with van der Waals surface area (Å²) in [5, 5.41) is 18.3. The molecule has 9 heteroatoms. The molecule has 0 aliphatic rings. The maximum absolute atomic E-state index is 12.9. The third-order valence-electron chi connectivity index (χ3n) is 3.36. The molecule has 0 bridgehead atoms. The molecule has 0 atom stereocenters. The van der Waals surface area contributed by atoms with Gasteiger partial charge in [0.1, 0.15) is 5.82 Å². The predicted molar refractivity (Wildman–Crippen MR) is 90.5 cm³/mol. The topological polar surface area (TPSA) is 95.2 Å². The van der Waals surface area contributed by atoms with Crippen LogP contribution in [0.1, 0.15) is 10.4 Å². The monoisotopic (exact) mass is 373 g/mol. The largest absolute Gasteiger partial charge is 0.402 e. The molecular weight excluding hydrogens is 365 g/mol. The van der Waals surface area contributed by atoms with Crippen molar-refractivity contribution in [2.24, 2.45) is 0 Å². The molecule has 3 rings (SSSR count). The number of hydrogen-bond donors (Lipinski definition) is 0. The minimum Gasteiger partial charge on any atom is -0.402 e. The van der Waals surface area contributed by atoms with Crippen LogP contribution in [0.15, 0.2) is 54.6 Å². The molecule has 0 amide bonds. The van der Waals surface area contributed by atoms with Gasteiger partial charge in [-0.1, -0.05) is 11.6 Å². The van der Waals surface area contributed by atoms with Crippen molar-refractivity contribution in [1.82, 2.24) is 10.2 Å². The molecule has 0 N–H and O–H groups in total. The number of carbonyl (C=O) groups is 1. The SMILES string of the molecule is O=C(Oc1ccc(-c2ccc(F)cc2)nn1)c1ccc([N+](=O)[O-])cc1Cl. The van der Waals surface area contributed by atoms with Gasteiger partial charge in [0.2, 0.25) is 5.88 Å². The number of hydrogen-bond acceptors (Lipinski definition) is 6. The first-order valence-electron chi connectivity index (χ1n) is 7.20. The highest BCUT2D eigenvalue weighted by atomic mass is 35.5. The van der Waals surface area contributed by atoms with Gasteiger partial charge in [-0.25, -0.2) is 9.18 Å². The molecule has 0 saturated heterocycles. The second kappa shape index (κ2) is 7.24. The Morgan fingerprint density at radius 2 is 1.81 bits per heavy atom. The number of nitrogens with zero attached hydrogens (tertiary/aromatic N) is 3. The standard InChI is InChI=1S/C17H9ClFN3O4/c18-14-9-12(22(24)25)5-6-13(14)17(23)26-16-8-7-15(20-21-16)10-1-3-11(19)4-2-10/h1-9H. The van der Waals surface area contributed by atoms with Gasteiger partial charge in [-0.15, -0.1) is 10.2 Å². The molecule has 0 aliphatic carbocycles. The van der Waals surface area contributed by atoms with E-state index in [2.05, 4.69) is 10.2 Å². The van der Waals surface area contributed by atoms with Crippen molar-refractivity contribution in [2.75, 3.05) is 0 Å². The van der Waals surface area contributed by atoms with Crippen molar-refractivity contribution >= 4 is 23.3 Å². The third-order valence-corrected chi connectivity index (χ3v) is 3.67. The van der Waals surface area contributed by atoms with E-state index in [0.717, 1.165) is 12.1 Å². The molecule has 3 aromatic rings. The fourth-order valence-electron chi connectivity index (χ4n) is 2.08. The van der Waals surface area contributed by atoms with Crippen molar-refractivity contribution in [3.8, 4) is 17.1 Å². The zero-order valence-electron chi connectivity index (χ0n) is 12.9. The van der Waals surface area contributed by atoms with Gasteiger partial charge in [-0.2, -0.15) is 0 Å². The van der Waals surface area contributed by atoms with Crippen molar-refractivity contribution in [1.29, 1.82) is 0 Å². The lowest BCUT2D eigenvalue weighted by molar-refractivity contribution is -0.384. The third kappa shape index (κ3) is 3.81. The van der Waals surface area contributed by atoms with E-state index in [0.29, 0.717) is 11.3 Å². The summed E-state index contributed by atoms with van der Waals surface area (Å²) in [4.78, 5) is 22.2. The fourth-order valence-corrected chi connectivity index (χ4v) is 2.33. The highest BCUT2D eigenvalue weighted by Gasteiger charge is 2.17. The number of nitro groups is 1. The lowest BCUT2D eigenvalue weighted by atomic mass is 10.1. The van der Waals surface area contributed by atoms with Crippen LogP contribution in [0.5, 0.6) is 5.88 Å². The number of halogens is 2. The van der Waals surface area contributed by atoms with Gasteiger partial charge in [0, 0.05) is 23.8 Å². The lowest BCUT2D eigenvalue weighted by Gasteiger charge is -2.05. The molecule has 0 fully saturated rings. The molecular formula is C17H9ClFN3O4. The minimum absolute atomic E-state index is 0.0401. The number of carbonyl (C=O) groups excluding carboxylic acids is 1. The highest BCUT2D eigenvalue weighted by molar-refractivity contribution is 6.33.